The molecule has 1 N–H and O–H groups in total. The molecule has 210 valence electrons. The van der Waals surface area contributed by atoms with Crippen LogP contribution in [0.25, 0.3) is 6.08 Å². The number of thiophene rings is 1. The third-order valence-corrected chi connectivity index (χ3v) is 8.47. The van der Waals surface area contributed by atoms with E-state index in [0.29, 0.717) is 41.0 Å². The van der Waals surface area contributed by atoms with Crippen molar-refractivity contribution in [1.29, 1.82) is 0 Å². The average Bonchev–Trinajstić information content (AvgIpc) is 3.50. The summed E-state index contributed by atoms with van der Waals surface area (Å²) in [6.07, 6.45) is 7.72. The molecule has 0 saturated carbocycles. The predicted octanol–water partition coefficient (Wildman–Crippen LogP) is 4.18. The van der Waals surface area contributed by atoms with Gasteiger partial charge in [-0.05, 0) is 64.5 Å². The average molecular weight is 574 g/mol. The van der Waals surface area contributed by atoms with E-state index in [-0.39, 0.29) is 23.7 Å². The van der Waals surface area contributed by atoms with Crippen molar-refractivity contribution in [3.8, 4) is 0 Å². The summed E-state index contributed by atoms with van der Waals surface area (Å²) < 4.78 is 12.3. The van der Waals surface area contributed by atoms with Gasteiger partial charge in [0, 0.05) is 43.9 Å². The van der Waals surface area contributed by atoms with Gasteiger partial charge in [0.25, 0.3) is 5.91 Å². The highest BCUT2D eigenvalue weighted by Crippen LogP contribution is 2.39. The van der Waals surface area contributed by atoms with Crippen LogP contribution in [0.4, 0.5) is 5.00 Å². The van der Waals surface area contributed by atoms with Gasteiger partial charge in [-0.1, -0.05) is 11.8 Å². The van der Waals surface area contributed by atoms with Crippen molar-refractivity contribution >= 4 is 57.1 Å². The minimum atomic E-state index is -0.400. The van der Waals surface area contributed by atoms with Crippen molar-refractivity contribution in [2.24, 2.45) is 12.0 Å². The number of amides is 2. The number of ether oxygens (including phenoxy) is 2. The van der Waals surface area contributed by atoms with Gasteiger partial charge in [-0.15, -0.1) is 11.3 Å². The summed E-state index contributed by atoms with van der Waals surface area (Å²) in [7, 11) is 3.44. The Bertz CT molecular complexity index is 1310. The fourth-order valence-electron chi connectivity index (χ4n) is 4.55. The van der Waals surface area contributed by atoms with Crippen molar-refractivity contribution < 1.29 is 23.9 Å². The van der Waals surface area contributed by atoms with E-state index in [1.165, 1.54) is 23.1 Å². The number of carbonyl (C=O) groups is 3. The van der Waals surface area contributed by atoms with Crippen molar-refractivity contribution in [1.82, 2.24) is 14.7 Å². The first-order valence-corrected chi connectivity index (χ1v) is 14.9. The quantitative estimate of drug-likeness (QED) is 0.258. The first-order chi connectivity index (χ1) is 18.7. The van der Waals surface area contributed by atoms with Crippen molar-refractivity contribution in [3.05, 3.63) is 39.2 Å². The van der Waals surface area contributed by atoms with Gasteiger partial charge in [0.2, 0.25) is 5.91 Å². The van der Waals surface area contributed by atoms with Crippen LogP contribution in [-0.4, -0.2) is 69.7 Å². The maximum Gasteiger partial charge on any atom is 0.341 e. The second-order valence-electron chi connectivity index (χ2n) is 9.78. The maximum absolute atomic E-state index is 13.2. The molecule has 0 saturated heterocycles. The molecule has 0 radical (unpaired) electrons. The summed E-state index contributed by atoms with van der Waals surface area (Å²) in [6.45, 7) is 6.42. The molecule has 1 aliphatic heterocycles. The van der Waals surface area contributed by atoms with Gasteiger partial charge in [0.15, 0.2) is 5.17 Å². The smallest absolute Gasteiger partial charge is 0.341 e. The first-order valence-electron chi connectivity index (χ1n) is 13.1. The molecule has 0 bridgehead atoms. The third-order valence-electron chi connectivity index (χ3n) is 6.29. The molecule has 0 atom stereocenters. The summed E-state index contributed by atoms with van der Waals surface area (Å²) in [5.74, 6) is -0.859. The first kappa shape index (κ1) is 29.0. The van der Waals surface area contributed by atoms with E-state index in [9.17, 15) is 14.4 Å². The molecule has 1 aliphatic carbocycles. The number of methoxy groups -OCH3 is 1. The number of nitrogens with zero attached hydrogens (tertiary/aromatic N) is 4. The fraction of sp³-hybridized carbons (Fsp3) is 0.519. The Kier molecular flexibility index (Phi) is 9.62. The maximum atomic E-state index is 13.2. The lowest BCUT2D eigenvalue weighted by Gasteiger charge is -2.17. The van der Waals surface area contributed by atoms with E-state index < -0.39 is 5.97 Å². The molecule has 2 aromatic rings. The Morgan fingerprint density at radius 1 is 1.28 bits per heavy atom. The van der Waals surface area contributed by atoms with Crippen molar-refractivity contribution in [3.63, 3.8) is 0 Å². The van der Waals surface area contributed by atoms with Crippen LogP contribution in [0.5, 0.6) is 0 Å². The lowest BCUT2D eigenvalue weighted by molar-refractivity contribution is -0.122. The molecule has 4 rings (SSSR count). The van der Waals surface area contributed by atoms with E-state index in [0.717, 1.165) is 47.4 Å². The second kappa shape index (κ2) is 12.9. The number of esters is 1. The number of nitrogens with one attached hydrogen (secondary N) is 1. The monoisotopic (exact) mass is 573 g/mol. The molecule has 2 aliphatic rings. The highest BCUT2D eigenvalue weighted by molar-refractivity contribution is 8.14. The SMILES string of the molecule is COCCCN1C(=O)C(=Cc2cn(C)nc2C)N=C1SCC(=O)Nc1sc2c(c1C(=O)OC(C)C)CCCC2. The molecule has 0 unspecified atom stereocenters. The zero-order chi connectivity index (χ0) is 28.1. The number of amidine groups is 1. The van der Waals surface area contributed by atoms with Gasteiger partial charge < -0.3 is 14.8 Å². The molecule has 2 aromatic heterocycles. The van der Waals surface area contributed by atoms with Crippen LogP contribution >= 0.6 is 23.1 Å². The highest BCUT2D eigenvalue weighted by atomic mass is 32.2. The fourth-order valence-corrected chi connectivity index (χ4v) is 6.67. The van der Waals surface area contributed by atoms with E-state index in [1.54, 1.807) is 22.8 Å². The van der Waals surface area contributed by atoms with Crippen LogP contribution in [0.2, 0.25) is 0 Å². The van der Waals surface area contributed by atoms with Crippen LogP contribution in [0, 0.1) is 6.92 Å². The van der Waals surface area contributed by atoms with E-state index >= 15 is 0 Å². The van der Waals surface area contributed by atoms with E-state index in [4.69, 9.17) is 9.47 Å². The predicted molar refractivity (Wildman–Crippen MR) is 154 cm³/mol. The minimum Gasteiger partial charge on any atom is -0.459 e. The van der Waals surface area contributed by atoms with Crippen molar-refractivity contribution in [2.45, 2.75) is 59.0 Å². The Labute approximate surface area is 236 Å². The molecule has 0 spiro atoms. The van der Waals surface area contributed by atoms with Gasteiger partial charge in [0.05, 0.1) is 23.1 Å². The topological polar surface area (TPSA) is 115 Å². The number of hydrogen-bond acceptors (Lipinski definition) is 9. The van der Waals surface area contributed by atoms with Crippen LogP contribution < -0.4 is 5.32 Å². The van der Waals surface area contributed by atoms with Gasteiger partial charge in [-0.25, -0.2) is 9.79 Å². The Hall–Kier alpha value is -2.96. The summed E-state index contributed by atoms with van der Waals surface area (Å²) in [6, 6.07) is 0. The number of anilines is 1. The van der Waals surface area contributed by atoms with Gasteiger partial charge in [-0.2, -0.15) is 5.10 Å². The molecule has 12 heteroatoms. The zero-order valence-corrected chi connectivity index (χ0v) is 24.7. The normalized spacial score (nSPS) is 16.2. The number of aryl methyl sites for hydroxylation is 3. The van der Waals surface area contributed by atoms with Crippen LogP contribution in [-0.2, 0) is 39.0 Å². The van der Waals surface area contributed by atoms with Gasteiger partial charge in [-0.3, -0.25) is 19.2 Å². The lowest BCUT2D eigenvalue weighted by atomic mass is 9.95. The number of thioether (sulfide) groups is 1. The molecular weight excluding hydrogens is 538 g/mol. The molecule has 0 aromatic carbocycles. The number of fused-ring (bicyclic) bond motifs is 1. The van der Waals surface area contributed by atoms with E-state index in [1.807, 2.05) is 34.0 Å². The number of aliphatic imine (C=N–C) groups is 1. The van der Waals surface area contributed by atoms with Crippen LogP contribution in [0.3, 0.4) is 0 Å². The lowest BCUT2D eigenvalue weighted by Crippen LogP contribution is -2.32. The molecular formula is C27H35N5O5S2. The Morgan fingerprint density at radius 3 is 2.74 bits per heavy atom. The summed E-state index contributed by atoms with van der Waals surface area (Å²) in [5, 5.41) is 8.26. The number of rotatable bonds is 10. The molecule has 0 fully saturated rings. The van der Waals surface area contributed by atoms with Crippen molar-refractivity contribution in [2.75, 3.05) is 31.3 Å². The molecule has 3 heterocycles. The number of hydrogen-bond donors (Lipinski definition) is 1. The van der Waals surface area contributed by atoms with Crippen LogP contribution in [0.1, 0.15) is 65.2 Å². The summed E-state index contributed by atoms with van der Waals surface area (Å²) in [5.41, 5.74) is 3.39. The summed E-state index contributed by atoms with van der Waals surface area (Å²) in [4.78, 5) is 46.5. The Morgan fingerprint density at radius 2 is 2.05 bits per heavy atom. The highest BCUT2D eigenvalue weighted by Gasteiger charge is 2.32. The number of carbonyl (C=O) groups excluding carboxylic acids is 3. The standard InChI is InChI=1S/C27H35N5O5S2/c1-16(2)37-26(35)23-19-9-6-7-10-21(19)39-24(23)29-22(33)15-38-27-28-20(13-18-14-31(4)30-17(18)3)25(34)32(27)11-8-12-36-5/h13-14,16H,6-12,15H2,1-5H3,(H,29,33). The second-order valence-corrected chi connectivity index (χ2v) is 11.8. The van der Waals surface area contributed by atoms with E-state index in [2.05, 4.69) is 15.4 Å². The van der Waals surface area contributed by atoms with Gasteiger partial charge in [0.1, 0.15) is 10.7 Å². The molecule has 39 heavy (non-hydrogen) atoms. The third kappa shape index (κ3) is 6.98. The van der Waals surface area contributed by atoms with Gasteiger partial charge >= 0.3 is 5.97 Å². The van der Waals surface area contributed by atoms with Crippen LogP contribution in [0.15, 0.2) is 16.9 Å². The summed E-state index contributed by atoms with van der Waals surface area (Å²) >= 11 is 2.65. The minimum absolute atomic E-state index is 0.0350. The molecule has 10 nitrogen and oxygen atoms in total. The molecule has 2 amide bonds. The Balaban J connectivity index is 1.50. The zero-order valence-electron chi connectivity index (χ0n) is 23.0. The largest absolute Gasteiger partial charge is 0.459 e. The number of aromatic nitrogens is 2.